The van der Waals surface area contributed by atoms with Crippen LogP contribution in [-0.2, 0) is 4.79 Å². The van der Waals surface area contributed by atoms with Crippen molar-refractivity contribution in [2.45, 2.75) is 26.2 Å². The molecule has 5 heteroatoms. The number of hydrogen-bond acceptors (Lipinski definition) is 3. The number of carbonyl (C=O) groups excluding carboxylic acids is 2. The molecule has 0 bridgehead atoms. The molecule has 0 saturated heterocycles. The van der Waals surface area contributed by atoms with E-state index in [9.17, 15) is 9.59 Å². The highest BCUT2D eigenvalue weighted by molar-refractivity contribution is 6.04. The molecule has 0 unspecified atom stereocenters. The summed E-state index contributed by atoms with van der Waals surface area (Å²) in [5.41, 5.74) is 7.77. The highest BCUT2D eigenvalue weighted by Gasteiger charge is 2.32. The van der Waals surface area contributed by atoms with Gasteiger partial charge in [-0.25, -0.2) is 0 Å². The Morgan fingerprint density at radius 3 is 2.76 bits per heavy atom. The Bertz CT molecular complexity index is 542. The summed E-state index contributed by atoms with van der Waals surface area (Å²) in [5, 5.41) is 5.51. The zero-order valence-electron chi connectivity index (χ0n) is 12.6. The van der Waals surface area contributed by atoms with Crippen molar-refractivity contribution in [2.24, 2.45) is 17.6 Å². The van der Waals surface area contributed by atoms with Crippen LogP contribution in [0.4, 0.5) is 5.69 Å². The first-order valence-corrected chi connectivity index (χ1v) is 7.40. The fraction of sp³-hybridized carbons (Fsp3) is 0.500. The van der Waals surface area contributed by atoms with Crippen LogP contribution in [-0.4, -0.2) is 25.4 Å². The van der Waals surface area contributed by atoms with E-state index in [4.69, 9.17) is 5.73 Å². The lowest BCUT2D eigenvalue weighted by Crippen LogP contribution is -2.30. The molecule has 1 aromatic rings. The summed E-state index contributed by atoms with van der Waals surface area (Å²) in [4.78, 5) is 24.4. The van der Waals surface area contributed by atoms with Crippen LogP contribution in [0.2, 0.25) is 0 Å². The predicted molar refractivity (Wildman–Crippen MR) is 83.1 cm³/mol. The minimum absolute atomic E-state index is 0.0306. The molecule has 0 spiro atoms. The van der Waals surface area contributed by atoms with E-state index in [1.54, 1.807) is 19.2 Å². The zero-order chi connectivity index (χ0) is 15.4. The lowest BCUT2D eigenvalue weighted by molar-refractivity contribution is -0.120. The lowest BCUT2D eigenvalue weighted by Gasteiger charge is -2.18. The third-order valence-corrected chi connectivity index (χ3v) is 4.20. The first kappa shape index (κ1) is 15.5. The Labute approximate surface area is 125 Å². The first-order chi connectivity index (χ1) is 10.1. The Hall–Kier alpha value is -1.88. The smallest absolute Gasteiger partial charge is 0.253 e. The second kappa shape index (κ2) is 6.72. The Balaban J connectivity index is 2.19. The fourth-order valence-electron chi connectivity index (χ4n) is 2.98. The van der Waals surface area contributed by atoms with Crippen LogP contribution in [0, 0.1) is 18.8 Å². The van der Waals surface area contributed by atoms with Gasteiger partial charge in [-0.3, -0.25) is 9.59 Å². The van der Waals surface area contributed by atoms with E-state index in [1.165, 1.54) is 0 Å². The molecular formula is C16H23N3O2. The maximum atomic E-state index is 12.4. The number of benzene rings is 1. The third kappa shape index (κ3) is 3.42. The molecule has 114 valence electrons. The second-order valence-electron chi connectivity index (χ2n) is 5.65. The summed E-state index contributed by atoms with van der Waals surface area (Å²) in [6.45, 7) is 2.45. The first-order valence-electron chi connectivity index (χ1n) is 7.40. The van der Waals surface area contributed by atoms with Gasteiger partial charge < -0.3 is 16.4 Å². The van der Waals surface area contributed by atoms with Gasteiger partial charge in [-0.05, 0) is 44.4 Å². The zero-order valence-corrected chi connectivity index (χ0v) is 12.6. The summed E-state index contributed by atoms with van der Waals surface area (Å²) in [5.74, 6) is -0.0273. The van der Waals surface area contributed by atoms with E-state index in [2.05, 4.69) is 10.6 Å². The van der Waals surface area contributed by atoms with Crippen LogP contribution >= 0.6 is 0 Å². The van der Waals surface area contributed by atoms with Crippen molar-refractivity contribution in [3.63, 3.8) is 0 Å². The third-order valence-electron chi connectivity index (χ3n) is 4.20. The van der Waals surface area contributed by atoms with Crippen LogP contribution in [0.3, 0.4) is 0 Å². The lowest BCUT2D eigenvalue weighted by atomic mass is 9.95. The number of rotatable bonds is 4. The SMILES string of the molecule is CNC(=O)c1cc(C)ccc1NC(=O)[C@@H]1CCC[C@@H]1CN. The quantitative estimate of drug-likeness (QED) is 0.788. The fourth-order valence-corrected chi connectivity index (χ4v) is 2.98. The van der Waals surface area contributed by atoms with Crippen molar-refractivity contribution in [2.75, 3.05) is 18.9 Å². The molecule has 0 aliphatic heterocycles. The average Bonchev–Trinajstić information content (AvgIpc) is 2.96. The van der Waals surface area contributed by atoms with E-state index in [0.717, 1.165) is 24.8 Å². The van der Waals surface area contributed by atoms with Crippen LogP contribution < -0.4 is 16.4 Å². The number of aryl methyl sites for hydroxylation is 1. The Kier molecular flexibility index (Phi) is 4.96. The van der Waals surface area contributed by atoms with Crippen LogP contribution in [0.5, 0.6) is 0 Å². The standard InChI is InChI=1S/C16H23N3O2/c1-10-6-7-14(13(8-10)15(20)18-2)19-16(21)12-5-3-4-11(12)9-17/h6-8,11-12H,3-5,9,17H2,1-2H3,(H,18,20)(H,19,21)/t11-,12-/m1/s1. The average molecular weight is 289 g/mol. The maximum Gasteiger partial charge on any atom is 0.253 e. The Morgan fingerprint density at radius 2 is 2.10 bits per heavy atom. The number of carbonyl (C=O) groups is 2. The van der Waals surface area contributed by atoms with E-state index in [0.29, 0.717) is 17.8 Å². The number of anilines is 1. The van der Waals surface area contributed by atoms with E-state index in [1.807, 2.05) is 13.0 Å². The summed E-state index contributed by atoms with van der Waals surface area (Å²) in [6.07, 6.45) is 2.91. The highest BCUT2D eigenvalue weighted by Crippen LogP contribution is 2.32. The molecule has 0 heterocycles. The number of hydrogen-bond donors (Lipinski definition) is 3. The normalized spacial score (nSPS) is 21.1. The number of nitrogens with two attached hydrogens (primary N) is 1. The molecular weight excluding hydrogens is 266 g/mol. The second-order valence-corrected chi connectivity index (χ2v) is 5.65. The molecule has 2 atom stereocenters. The van der Waals surface area contributed by atoms with Gasteiger partial charge in [-0.2, -0.15) is 0 Å². The molecule has 1 aromatic carbocycles. The van der Waals surface area contributed by atoms with Gasteiger partial charge in [0.1, 0.15) is 0 Å². The van der Waals surface area contributed by atoms with Gasteiger partial charge in [0.05, 0.1) is 11.3 Å². The summed E-state index contributed by atoms with van der Waals surface area (Å²) in [6, 6.07) is 5.45. The van der Waals surface area contributed by atoms with Crippen LogP contribution in [0.25, 0.3) is 0 Å². The van der Waals surface area contributed by atoms with Gasteiger partial charge in [0, 0.05) is 13.0 Å². The minimum atomic E-state index is -0.198. The maximum absolute atomic E-state index is 12.4. The van der Waals surface area contributed by atoms with Gasteiger partial charge in [0.2, 0.25) is 5.91 Å². The molecule has 5 nitrogen and oxygen atoms in total. The largest absolute Gasteiger partial charge is 0.355 e. The number of nitrogens with one attached hydrogen (secondary N) is 2. The molecule has 21 heavy (non-hydrogen) atoms. The molecule has 0 aromatic heterocycles. The van der Waals surface area contributed by atoms with Crippen LogP contribution in [0.1, 0.15) is 35.2 Å². The van der Waals surface area contributed by atoms with E-state index >= 15 is 0 Å². The summed E-state index contributed by atoms with van der Waals surface area (Å²) < 4.78 is 0. The molecule has 1 fully saturated rings. The van der Waals surface area contributed by atoms with Crippen molar-refractivity contribution in [1.82, 2.24) is 5.32 Å². The van der Waals surface area contributed by atoms with Crippen molar-refractivity contribution in [3.8, 4) is 0 Å². The van der Waals surface area contributed by atoms with Crippen molar-refractivity contribution in [3.05, 3.63) is 29.3 Å². The predicted octanol–water partition coefficient (Wildman–Crippen LogP) is 1.67. The summed E-state index contributed by atoms with van der Waals surface area (Å²) in [7, 11) is 1.58. The van der Waals surface area contributed by atoms with Crippen molar-refractivity contribution >= 4 is 17.5 Å². The minimum Gasteiger partial charge on any atom is -0.355 e. The van der Waals surface area contributed by atoms with Gasteiger partial charge in [-0.1, -0.05) is 18.1 Å². The highest BCUT2D eigenvalue weighted by atomic mass is 16.2. The number of amides is 2. The van der Waals surface area contributed by atoms with Crippen molar-refractivity contribution in [1.29, 1.82) is 0 Å². The van der Waals surface area contributed by atoms with Gasteiger partial charge in [0.25, 0.3) is 5.91 Å². The Morgan fingerprint density at radius 1 is 1.33 bits per heavy atom. The topological polar surface area (TPSA) is 84.2 Å². The molecule has 2 rings (SSSR count). The van der Waals surface area contributed by atoms with Crippen LogP contribution in [0.15, 0.2) is 18.2 Å². The van der Waals surface area contributed by atoms with Gasteiger partial charge in [0.15, 0.2) is 0 Å². The summed E-state index contributed by atoms with van der Waals surface area (Å²) >= 11 is 0. The molecule has 1 saturated carbocycles. The molecule has 4 N–H and O–H groups in total. The monoisotopic (exact) mass is 289 g/mol. The molecule has 1 aliphatic carbocycles. The molecule has 1 aliphatic rings. The van der Waals surface area contributed by atoms with Gasteiger partial charge >= 0.3 is 0 Å². The van der Waals surface area contributed by atoms with E-state index < -0.39 is 0 Å². The van der Waals surface area contributed by atoms with Gasteiger partial charge in [-0.15, -0.1) is 0 Å². The van der Waals surface area contributed by atoms with Crippen molar-refractivity contribution < 1.29 is 9.59 Å². The molecule has 0 radical (unpaired) electrons. The molecule has 2 amide bonds. The van der Waals surface area contributed by atoms with E-state index in [-0.39, 0.29) is 23.7 Å².